The van der Waals surface area contributed by atoms with Crippen molar-refractivity contribution in [1.82, 2.24) is 24.7 Å². The molecule has 2 aliphatic heterocycles. The van der Waals surface area contributed by atoms with E-state index in [1.54, 1.807) is 12.1 Å². The van der Waals surface area contributed by atoms with Gasteiger partial charge in [-0.1, -0.05) is 6.07 Å². The van der Waals surface area contributed by atoms with Gasteiger partial charge < -0.3 is 24.6 Å². The molecule has 0 radical (unpaired) electrons. The van der Waals surface area contributed by atoms with Crippen LogP contribution in [0.15, 0.2) is 67.0 Å². The molecule has 7 nitrogen and oxygen atoms in total. The minimum Gasteiger partial charge on any atom is -0.508 e. The molecule has 1 aromatic carbocycles. The van der Waals surface area contributed by atoms with Crippen molar-refractivity contribution >= 4 is 17.3 Å². The van der Waals surface area contributed by atoms with E-state index in [9.17, 15) is 5.11 Å². The number of hydrogen-bond acceptors (Lipinski definition) is 5. The summed E-state index contributed by atoms with van der Waals surface area (Å²) in [6, 6.07) is 17.4. The molecule has 5 rings (SSSR count). The van der Waals surface area contributed by atoms with Crippen LogP contribution in [0.3, 0.4) is 0 Å². The van der Waals surface area contributed by atoms with Crippen molar-refractivity contribution in [3.63, 3.8) is 0 Å². The molecule has 0 saturated carbocycles. The molecule has 2 fully saturated rings. The zero-order valence-electron chi connectivity index (χ0n) is 17.8. The Morgan fingerprint density at radius 2 is 1.84 bits per heavy atom. The van der Waals surface area contributed by atoms with Crippen LogP contribution in [0.1, 0.15) is 23.5 Å². The maximum Gasteiger partial charge on any atom is 0.170 e. The van der Waals surface area contributed by atoms with Gasteiger partial charge in [0.2, 0.25) is 0 Å². The number of benzene rings is 1. The first-order valence-electron chi connectivity index (χ1n) is 11.0. The number of aromatic hydroxyl groups is 1. The van der Waals surface area contributed by atoms with Gasteiger partial charge in [0, 0.05) is 50.0 Å². The molecular weight excluding hydrogens is 422 g/mol. The van der Waals surface area contributed by atoms with Gasteiger partial charge in [-0.15, -0.1) is 0 Å². The summed E-state index contributed by atoms with van der Waals surface area (Å²) in [4.78, 5) is 9.35. The van der Waals surface area contributed by atoms with Crippen molar-refractivity contribution in [3.05, 3.63) is 78.4 Å². The van der Waals surface area contributed by atoms with Crippen molar-refractivity contribution in [2.75, 3.05) is 39.4 Å². The fourth-order valence-electron chi connectivity index (χ4n) is 4.53. The lowest BCUT2D eigenvalue weighted by Gasteiger charge is -2.32. The summed E-state index contributed by atoms with van der Waals surface area (Å²) in [6.45, 7) is 5.22. The zero-order valence-corrected chi connectivity index (χ0v) is 18.6. The number of thiocarbonyl (C=S) groups is 1. The third-order valence-corrected chi connectivity index (χ3v) is 6.52. The van der Waals surface area contributed by atoms with Crippen LogP contribution in [0.5, 0.6) is 5.75 Å². The summed E-state index contributed by atoms with van der Waals surface area (Å²) in [6.07, 6.45) is 3.88. The predicted molar refractivity (Wildman–Crippen MR) is 127 cm³/mol. The number of phenolic OH excluding ortho intramolecular Hbond substituents is 1. The van der Waals surface area contributed by atoms with Crippen LogP contribution in [0.4, 0.5) is 0 Å². The average Bonchev–Trinajstić information content (AvgIpc) is 3.43. The first kappa shape index (κ1) is 20.9. The number of phenols is 1. The molecule has 0 spiro atoms. The second-order valence-electron chi connectivity index (χ2n) is 8.09. The molecule has 2 atom stereocenters. The Labute approximate surface area is 193 Å². The maximum absolute atomic E-state index is 9.73. The van der Waals surface area contributed by atoms with E-state index in [0.29, 0.717) is 0 Å². The molecule has 0 unspecified atom stereocenters. The van der Waals surface area contributed by atoms with Gasteiger partial charge in [0.05, 0.1) is 31.0 Å². The Hall–Kier alpha value is -2.94. The number of hydrogen-bond donors (Lipinski definition) is 2. The maximum atomic E-state index is 9.73. The zero-order chi connectivity index (χ0) is 21.9. The minimum atomic E-state index is -0.0563. The van der Waals surface area contributed by atoms with Crippen molar-refractivity contribution in [2.45, 2.75) is 12.1 Å². The van der Waals surface area contributed by atoms with E-state index in [1.165, 1.54) is 0 Å². The monoisotopic (exact) mass is 449 g/mol. The van der Waals surface area contributed by atoms with E-state index in [-0.39, 0.29) is 17.8 Å². The Balaban J connectivity index is 1.49. The molecule has 166 valence electrons. The molecule has 3 aromatic rings. The molecular formula is C24H27N5O2S. The third kappa shape index (κ3) is 4.21. The third-order valence-electron chi connectivity index (χ3n) is 6.17. The molecule has 8 heteroatoms. The highest BCUT2D eigenvalue weighted by molar-refractivity contribution is 7.80. The van der Waals surface area contributed by atoms with Crippen LogP contribution in [-0.2, 0) is 4.74 Å². The molecule has 2 N–H and O–H groups in total. The van der Waals surface area contributed by atoms with E-state index < -0.39 is 0 Å². The highest BCUT2D eigenvalue weighted by atomic mass is 32.1. The van der Waals surface area contributed by atoms with Crippen LogP contribution in [0.2, 0.25) is 0 Å². The van der Waals surface area contributed by atoms with Crippen molar-refractivity contribution in [3.8, 4) is 11.4 Å². The van der Waals surface area contributed by atoms with Crippen LogP contribution in [-0.4, -0.2) is 69.0 Å². The Kier molecular flexibility index (Phi) is 6.07. The number of nitrogens with one attached hydrogen (secondary N) is 1. The van der Waals surface area contributed by atoms with Gasteiger partial charge in [0.25, 0.3) is 0 Å². The predicted octanol–water partition coefficient (Wildman–Crippen LogP) is 2.88. The summed E-state index contributed by atoms with van der Waals surface area (Å²) in [7, 11) is 0. The summed E-state index contributed by atoms with van der Waals surface area (Å²) in [5.74, 6) is 0.254. The van der Waals surface area contributed by atoms with Gasteiger partial charge in [-0.25, -0.2) is 0 Å². The average molecular weight is 450 g/mol. The standard InChI is InChI=1S/C24H27N5O2S/c30-19-8-6-18(7-9-19)28-11-3-5-21(28)23-22(20-4-1-2-10-25-20)26-24(32)29(23)13-12-27-14-16-31-17-15-27/h1-11,22-23,30H,12-17H2,(H,26,32)/t22-,23-/m0/s1. The van der Waals surface area contributed by atoms with Gasteiger partial charge >= 0.3 is 0 Å². The van der Waals surface area contributed by atoms with Crippen molar-refractivity contribution in [1.29, 1.82) is 0 Å². The highest BCUT2D eigenvalue weighted by Crippen LogP contribution is 2.39. The lowest BCUT2D eigenvalue weighted by Crippen LogP contribution is -2.42. The highest BCUT2D eigenvalue weighted by Gasteiger charge is 2.41. The van der Waals surface area contributed by atoms with Gasteiger partial charge in [-0.2, -0.15) is 0 Å². The molecule has 32 heavy (non-hydrogen) atoms. The molecule has 0 bridgehead atoms. The Bertz CT molecular complexity index is 1050. The van der Waals surface area contributed by atoms with Crippen molar-refractivity contribution < 1.29 is 9.84 Å². The Morgan fingerprint density at radius 1 is 1.03 bits per heavy atom. The lowest BCUT2D eigenvalue weighted by molar-refractivity contribution is 0.0349. The number of nitrogens with zero attached hydrogens (tertiary/aromatic N) is 4. The SMILES string of the molecule is Oc1ccc(-n2cccc2[C@H]2[C@H](c3ccccn3)NC(=S)N2CCN2CCOCC2)cc1. The number of rotatable bonds is 6. The summed E-state index contributed by atoms with van der Waals surface area (Å²) in [5, 5.41) is 14.0. The molecule has 0 amide bonds. The minimum absolute atomic E-state index is 0.0118. The quantitative estimate of drug-likeness (QED) is 0.561. The molecule has 2 aliphatic rings. The molecule has 0 aliphatic carbocycles. The van der Waals surface area contributed by atoms with Gasteiger partial charge in [0.1, 0.15) is 5.75 Å². The number of morpholine rings is 1. The van der Waals surface area contributed by atoms with Gasteiger partial charge in [0.15, 0.2) is 5.11 Å². The van der Waals surface area contributed by atoms with Crippen LogP contribution >= 0.6 is 12.2 Å². The smallest absolute Gasteiger partial charge is 0.170 e. The fourth-order valence-corrected chi connectivity index (χ4v) is 4.86. The second kappa shape index (κ2) is 9.28. The van der Waals surface area contributed by atoms with Crippen LogP contribution in [0, 0.1) is 0 Å². The molecule has 2 saturated heterocycles. The van der Waals surface area contributed by atoms with E-state index >= 15 is 0 Å². The summed E-state index contributed by atoms with van der Waals surface area (Å²) in [5.41, 5.74) is 3.08. The fraction of sp³-hybridized carbons (Fsp3) is 0.333. The first-order chi connectivity index (χ1) is 15.7. The van der Waals surface area contributed by atoms with Gasteiger partial charge in [-0.05, 0) is 60.7 Å². The summed E-state index contributed by atoms with van der Waals surface area (Å²) < 4.78 is 7.66. The van der Waals surface area contributed by atoms with Crippen molar-refractivity contribution in [2.24, 2.45) is 0 Å². The number of aromatic nitrogens is 2. The van der Waals surface area contributed by atoms with E-state index in [1.807, 2.05) is 36.5 Å². The molecule has 2 aromatic heterocycles. The van der Waals surface area contributed by atoms with E-state index in [0.717, 1.165) is 61.6 Å². The lowest BCUT2D eigenvalue weighted by atomic mass is 10.0. The Morgan fingerprint density at radius 3 is 2.59 bits per heavy atom. The van der Waals surface area contributed by atoms with Crippen LogP contribution in [0.25, 0.3) is 5.69 Å². The number of ether oxygens (including phenoxy) is 1. The normalized spacial score (nSPS) is 21.6. The second-order valence-corrected chi connectivity index (χ2v) is 8.48. The van der Waals surface area contributed by atoms with Gasteiger partial charge in [-0.3, -0.25) is 9.88 Å². The van der Waals surface area contributed by atoms with E-state index in [2.05, 4.69) is 43.0 Å². The topological polar surface area (TPSA) is 65.8 Å². The first-order valence-corrected chi connectivity index (χ1v) is 11.4. The largest absolute Gasteiger partial charge is 0.508 e. The molecule has 4 heterocycles. The number of pyridine rings is 1. The van der Waals surface area contributed by atoms with E-state index in [4.69, 9.17) is 17.0 Å². The van der Waals surface area contributed by atoms with Crippen LogP contribution < -0.4 is 5.32 Å². The summed E-state index contributed by atoms with van der Waals surface area (Å²) >= 11 is 5.81.